The average Bonchev–Trinajstić information content (AvgIpc) is 2.42. The molecule has 0 atom stereocenters. The molecule has 0 saturated carbocycles. The number of nitrogen functional groups attached to an aromatic ring is 1. The molecular weight excluding hydrogens is 386 g/mol. The Labute approximate surface area is 135 Å². The maximum atomic E-state index is 5.88. The fraction of sp³-hybridized carbons (Fsp3) is 0.200. The maximum absolute atomic E-state index is 5.88. The molecule has 0 aliphatic rings. The average molecular weight is 401 g/mol. The van der Waals surface area contributed by atoms with Crippen molar-refractivity contribution in [3.63, 3.8) is 0 Å². The Kier molecular flexibility index (Phi) is 5.31. The SMILES string of the molecule is CCCOc1cc(Oc2ccc(Br)cc2Br)ccc1N. The first-order chi connectivity index (χ1) is 9.60. The molecule has 5 heteroatoms. The second-order valence-electron chi connectivity index (χ2n) is 4.22. The summed E-state index contributed by atoms with van der Waals surface area (Å²) in [7, 11) is 0. The summed E-state index contributed by atoms with van der Waals surface area (Å²) in [5.74, 6) is 2.07. The summed E-state index contributed by atoms with van der Waals surface area (Å²) in [4.78, 5) is 0. The first-order valence-corrected chi connectivity index (χ1v) is 7.84. The highest BCUT2D eigenvalue weighted by atomic mass is 79.9. The van der Waals surface area contributed by atoms with E-state index in [1.54, 1.807) is 12.1 Å². The van der Waals surface area contributed by atoms with Crippen LogP contribution in [0.3, 0.4) is 0 Å². The van der Waals surface area contributed by atoms with Crippen molar-refractivity contribution in [3.05, 3.63) is 45.3 Å². The monoisotopic (exact) mass is 399 g/mol. The van der Waals surface area contributed by atoms with Gasteiger partial charge in [0.15, 0.2) is 0 Å². The Morgan fingerprint density at radius 3 is 2.55 bits per heavy atom. The zero-order valence-electron chi connectivity index (χ0n) is 11.0. The minimum absolute atomic E-state index is 0.612. The Hall–Kier alpha value is -1.20. The van der Waals surface area contributed by atoms with Gasteiger partial charge in [0.1, 0.15) is 17.2 Å². The van der Waals surface area contributed by atoms with Crippen LogP contribution >= 0.6 is 31.9 Å². The van der Waals surface area contributed by atoms with E-state index in [2.05, 4.69) is 38.8 Å². The summed E-state index contributed by atoms with van der Waals surface area (Å²) in [5.41, 5.74) is 6.49. The lowest BCUT2D eigenvalue weighted by Crippen LogP contribution is -1.99. The zero-order chi connectivity index (χ0) is 14.5. The first-order valence-electron chi connectivity index (χ1n) is 6.25. The van der Waals surface area contributed by atoms with Gasteiger partial charge in [-0.1, -0.05) is 22.9 Å². The van der Waals surface area contributed by atoms with E-state index in [0.29, 0.717) is 23.8 Å². The smallest absolute Gasteiger partial charge is 0.145 e. The van der Waals surface area contributed by atoms with Crippen LogP contribution < -0.4 is 15.2 Å². The number of hydrogen-bond donors (Lipinski definition) is 1. The molecule has 0 fully saturated rings. The van der Waals surface area contributed by atoms with E-state index in [4.69, 9.17) is 15.2 Å². The van der Waals surface area contributed by atoms with Crippen molar-refractivity contribution in [3.8, 4) is 17.2 Å². The van der Waals surface area contributed by atoms with Crippen LogP contribution in [0, 0.1) is 0 Å². The first kappa shape index (κ1) is 15.2. The summed E-state index contributed by atoms with van der Waals surface area (Å²) in [5, 5.41) is 0. The van der Waals surface area contributed by atoms with Gasteiger partial charge in [-0.2, -0.15) is 0 Å². The summed E-state index contributed by atoms with van der Waals surface area (Å²) in [6.07, 6.45) is 0.933. The number of halogens is 2. The number of nitrogens with two attached hydrogens (primary N) is 1. The van der Waals surface area contributed by atoms with Gasteiger partial charge in [0.25, 0.3) is 0 Å². The molecule has 0 aromatic heterocycles. The van der Waals surface area contributed by atoms with Crippen molar-refractivity contribution < 1.29 is 9.47 Å². The molecular formula is C15H15Br2NO2. The third kappa shape index (κ3) is 3.90. The lowest BCUT2D eigenvalue weighted by molar-refractivity contribution is 0.317. The highest BCUT2D eigenvalue weighted by molar-refractivity contribution is 9.11. The number of anilines is 1. The van der Waals surface area contributed by atoms with Crippen LogP contribution in [0.5, 0.6) is 17.2 Å². The summed E-state index contributed by atoms with van der Waals surface area (Å²) < 4.78 is 13.3. The van der Waals surface area contributed by atoms with Gasteiger partial charge >= 0.3 is 0 Å². The molecule has 2 rings (SSSR count). The molecule has 0 aliphatic carbocycles. The molecule has 2 N–H and O–H groups in total. The summed E-state index contributed by atoms with van der Waals surface area (Å²) >= 11 is 6.88. The minimum atomic E-state index is 0.612. The molecule has 2 aromatic rings. The van der Waals surface area contributed by atoms with E-state index < -0.39 is 0 Å². The van der Waals surface area contributed by atoms with E-state index in [1.807, 2.05) is 24.3 Å². The van der Waals surface area contributed by atoms with Gasteiger partial charge in [-0.25, -0.2) is 0 Å². The van der Waals surface area contributed by atoms with Gasteiger partial charge < -0.3 is 15.2 Å². The van der Waals surface area contributed by atoms with E-state index >= 15 is 0 Å². The number of rotatable bonds is 5. The van der Waals surface area contributed by atoms with Crippen LogP contribution in [0.1, 0.15) is 13.3 Å². The van der Waals surface area contributed by atoms with Crippen LogP contribution in [0.4, 0.5) is 5.69 Å². The Morgan fingerprint density at radius 2 is 1.85 bits per heavy atom. The molecule has 3 nitrogen and oxygen atoms in total. The second-order valence-corrected chi connectivity index (χ2v) is 5.99. The predicted octanol–water partition coefficient (Wildman–Crippen LogP) is 5.37. The quantitative estimate of drug-likeness (QED) is 0.685. The van der Waals surface area contributed by atoms with Crippen LogP contribution in [0.2, 0.25) is 0 Å². The highest BCUT2D eigenvalue weighted by Crippen LogP contribution is 2.34. The lowest BCUT2D eigenvalue weighted by atomic mass is 10.2. The van der Waals surface area contributed by atoms with Crippen molar-refractivity contribution in [1.29, 1.82) is 0 Å². The number of hydrogen-bond acceptors (Lipinski definition) is 3. The molecule has 0 heterocycles. The van der Waals surface area contributed by atoms with Crippen molar-refractivity contribution in [2.45, 2.75) is 13.3 Å². The standard InChI is InChI=1S/C15H15Br2NO2/c1-2-7-19-15-9-11(4-5-13(15)18)20-14-6-3-10(16)8-12(14)17/h3-6,8-9H,2,7,18H2,1H3. The Bertz CT molecular complexity index is 602. The van der Waals surface area contributed by atoms with E-state index in [0.717, 1.165) is 21.1 Å². The third-order valence-electron chi connectivity index (χ3n) is 2.57. The maximum Gasteiger partial charge on any atom is 0.145 e. The Morgan fingerprint density at radius 1 is 1.05 bits per heavy atom. The fourth-order valence-electron chi connectivity index (χ4n) is 1.60. The molecule has 0 aliphatic heterocycles. The molecule has 106 valence electrons. The highest BCUT2D eigenvalue weighted by Gasteiger charge is 2.07. The van der Waals surface area contributed by atoms with Crippen molar-refractivity contribution in [2.75, 3.05) is 12.3 Å². The second kappa shape index (κ2) is 6.99. The van der Waals surface area contributed by atoms with E-state index in [-0.39, 0.29) is 0 Å². The number of ether oxygens (including phenoxy) is 2. The lowest BCUT2D eigenvalue weighted by Gasteiger charge is -2.12. The summed E-state index contributed by atoms with van der Waals surface area (Å²) in [6, 6.07) is 11.2. The molecule has 2 aromatic carbocycles. The molecule has 20 heavy (non-hydrogen) atoms. The third-order valence-corrected chi connectivity index (χ3v) is 3.68. The topological polar surface area (TPSA) is 44.5 Å². The van der Waals surface area contributed by atoms with Crippen molar-refractivity contribution in [2.24, 2.45) is 0 Å². The largest absolute Gasteiger partial charge is 0.491 e. The van der Waals surface area contributed by atoms with Gasteiger partial charge in [0.2, 0.25) is 0 Å². The van der Waals surface area contributed by atoms with Crippen LogP contribution in [0.25, 0.3) is 0 Å². The predicted molar refractivity (Wildman–Crippen MR) is 88.6 cm³/mol. The summed E-state index contributed by atoms with van der Waals surface area (Å²) in [6.45, 7) is 2.69. The molecule has 0 saturated heterocycles. The molecule has 0 spiro atoms. The van der Waals surface area contributed by atoms with Crippen molar-refractivity contribution in [1.82, 2.24) is 0 Å². The van der Waals surface area contributed by atoms with Gasteiger partial charge in [-0.05, 0) is 52.7 Å². The van der Waals surface area contributed by atoms with Gasteiger partial charge in [-0.15, -0.1) is 0 Å². The Balaban J connectivity index is 2.20. The molecule has 0 amide bonds. The minimum Gasteiger partial charge on any atom is -0.491 e. The van der Waals surface area contributed by atoms with Gasteiger partial charge in [-0.3, -0.25) is 0 Å². The van der Waals surface area contributed by atoms with Crippen LogP contribution in [-0.2, 0) is 0 Å². The van der Waals surface area contributed by atoms with Crippen molar-refractivity contribution >= 4 is 37.5 Å². The molecule has 0 bridgehead atoms. The van der Waals surface area contributed by atoms with Crippen LogP contribution in [-0.4, -0.2) is 6.61 Å². The van der Waals surface area contributed by atoms with E-state index in [1.165, 1.54) is 0 Å². The number of benzene rings is 2. The van der Waals surface area contributed by atoms with Gasteiger partial charge in [0.05, 0.1) is 16.8 Å². The molecule has 0 unspecified atom stereocenters. The van der Waals surface area contributed by atoms with E-state index in [9.17, 15) is 0 Å². The fourth-order valence-corrected chi connectivity index (χ4v) is 2.73. The normalized spacial score (nSPS) is 10.3. The van der Waals surface area contributed by atoms with Gasteiger partial charge in [0, 0.05) is 10.5 Å². The molecule has 0 radical (unpaired) electrons. The van der Waals surface area contributed by atoms with Crippen LogP contribution in [0.15, 0.2) is 45.3 Å². The zero-order valence-corrected chi connectivity index (χ0v) is 14.2.